The minimum atomic E-state index is 0.0906. The third-order valence-corrected chi connectivity index (χ3v) is 4.38. The Morgan fingerprint density at radius 3 is 3.04 bits per heavy atom. The Balaban J connectivity index is 1.60. The molecule has 0 aromatic carbocycles. The third-order valence-electron chi connectivity index (χ3n) is 4.38. The number of nitrogens with one attached hydrogen (secondary N) is 1. The zero-order valence-electron chi connectivity index (χ0n) is 13.6. The molecule has 2 aromatic heterocycles. The molecule has 0 aliphatic carbocycles. The summed E-state index contributed by atoms with van der Waals surface area (Å²) in [6.07, 6.45) is 5.33. The molecule has 124 valence electrons. The van der Waals surface area contributed by atoms with Gasteiger partial charge in [0.2, 0.25) is 5.91 Å². The molecule has 0 spiro atoms. The van der Waals surface area contributed by atoms with Crippen LogP contribution >= 0.6 is 0 Å². The quantitative estimate of drug-likeness (QED) is 0.921. The molecular weight excluding hydrogens is 304 g/mol. The molecule has 2 aromatic rings. The SMILES string of the molecule is CN(CC(=O)N1CCC[C@H](c2ccn[nH]2)C1)c1ccc(C#N)cn1. The Labute approximate surface area is 140 Å². The van der Waals surface area contributed by atoms with Gasteiger partial charge in [0.1, 0.15) is 11.9 Å². The number of nitriles is 1. The highest BCUT2D eigenvalue weighted by molar-refractivity contribution is 5.81. The van der Waals surface area contributed by atoms with E-state index in [9.17, 15) is 4.79 Å². The minimum Gasteiger partial charge on any atom is -0.350 e. The lowest BCUT2D eigenvalue weighted by Gasteiger charge is -2.33. The van der Waals surface area contributed by atoms with Crippen molar-refractivity contribution in [3.05, 3.63) is 41.9 Å². The van der Waals surface area contributed by atoms with Crippen molar-refractivity contribution in [3.63, 3.8) is 0 Å². The predicted molar refractivity (Wildman–Crippen MR) is 89.4 cm³/mol. The zero-order chi connectivity index (χ0) is 16.9. The molecule has 0 bridgehead atoms. The van der Waals surface area contributed by atoms with Crippen molar-refractivity contribution in [2.24, 2.45) is 0 Å². The molecule has 1 saturated heterocycles. The number of carbonyl (C=O) groups is 1. The summed E-state index contributed by atoms with van der Waals surface area (Å²) in [7, 11) is 1.84. The maximum absolute atomic E-state index is 12.6. The Morgan fingerprint density at radius 1 is 1.50 bits per heavy atom. The number of likely N-dealkylation sites (tertiary alicyclic amines) is 1. The van der Waals surface area contributed by atoms with Crippen LogP contribution in [0.3, 0.4) is 0 Å². The number of likely N-dealkylation sites (N-methyl/N-ethyl adjacent to an activating group) is 1. The highest BCUT2D eigenvalue weighted by atomic mass is 16.2. The molecule has 24 heavy (non-hydrogen) atoms. The number of hydrogen-bond donors (Lipinski definition) is 1. The van der Waals surface area contributed by atoms with Gasteiger partial charge in [0.25, 0.3) is 0 Å². The van der Waals surface area contributed by atoms with Crippen LogP contribution in [0.15, 0.2) is 30.6 Å². The molecule has 1 N–H and O–H groups in total. The maximum Gasteiger partial charge on any atom is 0.242 e. The standard InChI is InChI=1S/C17H20N6O/c1-22(16-5-4-13(9-18)10-19-16)12-17(24)23-8-2-3-14(11-23)15-6-7-20-21-15/h4-7,10,14H,2-3,8,11-12H2,1H3,(H,20,21)/t14-/m0/s1. The summed E-state index contributed by atoms with van der Waals surface area (Å²) in [5.74, 6) is 1.10. The molecule has 1 fully saturated rings. The number of anilines is 1. The molecule has 0 radical (unpaired) electrons. The summed E-state index contributed by atoms with van der Waals surface area (Å²) >= 11 is 0. The Kier molecular flexibility index (Phi) is 4.75. The third kappa shape index (κ3) is 3.54. The second-order valence-electron chi connectivity index (χ2n) is 6.06. The van der Waals surface area contributed by atoms with Crippen molar-refractivity contribution < 1.29 is 4.79 Å². The highest BCUT2D eigenvalue weighted by Crippen LogP contribution is 2.25. The van der Waals surface area contributed by atoms with Crippen LogP contribution in [0.1, 0.15) is 30.0 Å². The molecule has 1 aliphatic heterocycles. The fraction of sp³-hybridized carbons (Fsp3) is 0.412. The van der Waals surface area contributed by atoms with Gasteiger partial charge in [-0.1, -0.05) is 0 Å². The molecule has 1 aliphatic rings. The summed E-state index contributed by atoms with van der Waals surface area (Å²) in [5.41, 5.74) is 1.60. The minimum absolute atomic E-state index is 0.0906. The van der Waals surface area contributed by atoms with Gasteiger partial charge in [0.05, 0.1) is 12.1 Å². The first-order chi connectivity index (χ1) is 11.7. The smallest absolute Gasteiger partial charge is 0.242 e. The Bertz CT molecular complexity index is 719. The first-order valence-electron chi connectivity index (χ1n) is 8.01. The lowest BCUT2D eigenvalue weighted by atomic mass is 9.95. The van der Waals surface area contributed by atoms with Gasteiger partial charge < -0.3 is 9.80 Å². The number of H-pyrrole nitrogens is 1. The summed E-state index contributed by atoms with van der Waals surface area (Å²) in [4.78, 5) is 20.5. The molecule has 0 unspecified atom stereocenters. The second kappa shape index (κ2) is 7.13. The fourth-order valence-corrected chi connectivity index (χ4v) is 3.01. The molecule has 3 rings (SSSR count). The monoisotopic (exact) mass is 324 g/mol. The van der Waals surface area contributed by atoms with E-state index >= 15 is 0 Å². The molecule has 7 heteroatoms. The Morgan fingerprint density at radius 2 is 2.38 bits per heavy atom. The van der Waals surface area contributed by atoms with Crippen molar-refractivity contribution in [3.8, 4) is 6.07 Å². The van der Waals surface area contributed by atoms with Crippen LogP contribution < -0.4 is 4.90 Å². The van der Waals surface area contributed by atoms with Crippen LogP contribution in [0.25, 0.3) is 0 Å². The molecule has 7 nitrogen and oxygen atoms in total. The average molecular weight is 324 g/mol. The van der Waals surface area contributed by atoms with E-state index in [2.05, 4.69) is 15.2 Å². The number of hydrogen-bond acceptors (Lipinski definition) is 5. The van der Waals surface area contributed by atoms with Crippen LogP contribution in [-0.4, -0.2) is 52.7 Å². The first kappa shape index (κ1) is 16.0. The molecule has 1 atom stereocenters. The number of aromatic amines is 1. The first-order valence-corrected chi connectivity index (χ1v) is 8.01. The molecule has 3 heterocycles. The largest absolute Gasteiger partial charge is 0.350 e. The van der Waals surface area contributed by atoms with Gasteiger partial charge in [0.15, 0.2) is 0 Å². The van der Waals surface area contributed by atoms with E-state index in [0.29, 0.717) is 17.3 Å². The van der Waals surface area contributed by atoms with Gasteiger partial charge in [0, 0.05) is 44.1 Å². The van der Waals surface area contributed by atoms with Gasteiger partial charge in [-0.2, -0.15) is 10.4 Å². The summed E-state index contributed by atoms with van der Waals surface area (Å²) < 4.78 is 0. The number of piperidine rings is 1. The summed E-state index contributed by atoms with van der Waals surface area (Å²) in [5, 5.41) is 15.8. The normalized spacial score (nSPS) is 17.3. The van der Waals surface area contributed by atoms with Gasteiger partial charge in [-0.3, -0.25) is 9.89 Å². The van der Waals surface area contributed by atoms with E-state index in [0.717, 1.165) is 31.6 Å². The van der Waals surface area contributed by atoms with E-state index in [4.69, 9.17) is 5.26 Å². The van der Waals surface area contributed by atoms with E-state index < -0.39 is 0 Å². The lowest BCUT2D eigenvalue weighted by molar-refractivity contribution is -0.130. The van der Waals surface area contributed by atoms with Crippen LogP contribution in [-0.2, 0) is 4.79 Å². The number of amides is 1. The zero-order valence-corrected chi connectivity index (χ0v) is 13.6. The van der Waals surface area contributed by atoms with Crippen LogP contribution in [0.5, 0.6) is 0 Å². The Hall–Kier alpha value is -2.88. The van der Waals surface area contributed by atoms with Crippen molar-refractivity contribution >= 4 is 11.7 Å². The van der Waals surface area contributed by atoms with Crippen molar-refractivity contribution in [1.29, 1.82) is 5.26 Å². The lowest BCUT2D eigenvalue weighted by Crippen LogP contribution is -2.44. The molecule has 1 amide bonds. The summed E-state index contributed by atoms with van der Waals surface area (Å²) in [6.45, 7) is 1.78. The van der Waals surface area contributed by atoms with Crippen molar-refractivity contribution in [2.45, 2.75) is 18.8 Å². The predicted octanol–water partition coefficient (Wildman–Crippen LogP) is 1.52. The fourth-order valence-electron chi connectivity index (χ4n) is 3.01. The van der Waals surface area contributed by atoms with Crippen LogP contribution in [0, 0.1) is 11.3 Å². The van der Waals surface area contributed by atoms with Crippen LogP contribution in [0.2, 0.25) is 0 Å². The number of nitrogens with zero attached hydrogens (tertiary/aromatic N) is 5. The van der Waals surface area contributed by atoms with E-state index in [-0.39, 0.29) is 12.5 Å². The maximum atomic E-state index is 12.6. The number of rotatable bonds is 4. The topological polar surface area (TPSA) is 88.9 Å². The van der Waals surface area contributed by atoms with Crippen molar-refractivity contribution in [2.75, 3.05) is 31.6 Å². The molecule has 0 saturated carbocycles. The van der Waals surface area contributed by atoms with Gasteiger partial charge in [-0.05, 0) is 31.0 Å². The van der Waals surface area contributed by atoms with Gasteiger partial charge in [-0.25, -0.2) is 4.98 Å². The van der Waals surface area contributed by atoms with E-state index in [1.165, 1.54) is 6.20 Å². The molecular formula is C17H20N6O. The van der Waals surface area contributed by atoms with Gasteiger partial charge in [-0.15, -0.1) is 0 Å². The van der Waals surface area contributed by atoms with Crippen molar-refractivity contribution in [1.82, 2.24) is 20.1 Å². The van der Waals surface area contributed by atoms with E-state index in [1.54, 1.807) is 18.3 Å². The number of pyridine rings is 1. The summed E-state index contributed by atoms with van der Waals surface area (Å²) in [6, 6.07) is 7.48. The number of aromatic nitrogens is 3. The highest BCUT2D eigenvalue weighted by Gasteiger charge is 2.26. The van der Waals surface area contributed by atoms with Crippen LogP contribution in [0.4, 0.5) is 5.82 Å². The second-order valence-corrected chi connectivity index (χ2v) is 6.06. The van der Waals surface area contributed by atoms with E-state index in [1.807, 2.05) is 29.0 Å². The average Bonchev–Trinajstić information content (AvgIpc) is 3.16. The van der Waals surface area contributed by atoms with Gasteiger partial charge >= 0.3 is 0 Å². The number of carbonyl (C=O) groups excluding carboxylic acids is 1.